The van der Waals surface area contributed by atoms with Crippen LogP contribution < -0.4 is 5.32 Å². The van der Waals surface area contributed by atoms with Crippen LogP contribution in [0.1, 0.15) is 373 Å². The molecule has 0 rings (SSSR count). The second-order valence-corrected chi connectivity index (χ2v) is 29.5. The average molecular weight is 1310 g/mol. The summed E-state index contributed by atoms with van der Waals surface area (Å²) < 4.78 is 23.8. The van der Waals surface area contributed by atoms with E-state index in [4.69, 9.17) is 9.05 Å². The van der Waals surface area contributed by atoms with E-state index in [0.29, 0.717) is 17.4 Å². The molecule has 0 radical (unpaired) electrons. The Balaban J connectivity index is 3.99. The van der Waals surface area contributed by atoms with Crippen LogP contribution in [0.25, 0.3) is 0 Å². The molecular weight excluding hydrogens is 1150 g/mol. The number of nitrogens with zero attached hydrogens (tertiary/aromatic N) is 1. The summed E-state index contributed by atoms with van der Waals surface area (Å²) >= 11 is 0. The molecule has 0 aromatic heterocycles. The summed E-state index contributed by atoms with van der Waals surface area (Å²) in [4.78, 5) is 23.5. The molecule has 0 spiro atoms. The molecule has 0 saturated heterocycles. The van der Waals surface area contributed by atoms with Gasteiger partial charge in [0.15, 0.2) is 0 Å². The van der Waals surface area contributed by atoms with Crippen LogP contribution in [0.3, 0.4) is 0 Å². The van der Waals surface area contributed by atoms with E-state index >= 15 is 0 Å². The molecular formula is C83H154N2O6P+. The van der Waals surface area contributed by atoms with Crippen LogP contribution in [-0.2, 0) is 18.4 Å². The van der Waals surface area contributed by atoms with Crippen molar-refractivity contribution in [1.82, 2.24) is 5.32 Å². The van der Waals surface area contributed by atoms with E-state index in [1.807, 2.05) is 27.2 Å². The number of aliphatic hydroxyl groups is 1. The number of hydrogen-bond acceptors (Lipinski definition) is 5. The summed E-state index contributed by atoms with van der Waals surface area (Å²) in [5.74, 6) is -0.186. The van der Waals surface area contributed by atoms with Crippen molar-refractivity contribution in [2.75, 3.05) is 40.9 Å². The number of quaternary nitrogens is 1. The number of likely N-dealkylation sites (N-methyl/N-ethyl adjacent to an activating group) is 1. The largest absolute Gasteiger partial charge is 0.472 e. The van der Waals surface area contributed by atoms with Crippen molar-refractivity contribution < 1.29 is 32.9 Å². The molecule has 0 aliphatic carbocycles. The molecule has 0 aromatic rings. The fourth-order valence-electron chi connectivity index (χ4n) is 11.7. The second kappa shape index (κ2) is 72.7. The van der Waals surface area contributed by atoms with E-state index in [-0.39, 0.29) is 19.1 Å². The van der Waals surface area contributed by atoms with E-state index in [9.17, 15) is 19.4 Å². The third-order valence-electron chi connectivity index (χ3n) is 17.8. The van der Waals surface area contributed by atoms with Crippen LogP contribution in [0.15, 0.2) is 97.2 Å². The molecule has 0 bridgehead atoms. The van der Waals surface area contributed by atoms with Gasteiger partial charge in [-0.1, -0.05) is 374 Å². The van der Waals surface area contributed by atoms with Crippen molar-refractivity contribution in [3.8, 4) is 0 Å². The first-order chi connectivity index (χ1) is 45.0. The molecule has 0 fully saturated rings. The van der Waals surface area contributed by atoms with Gasteiger partial charge < -0.3 is 19.8 Å². The Morgan fingerprint density at radius 2 is 0.663 bits per heavy atom. The van der Waals surface area contributed by atoms with E-state index in [0.717, 1.165) is 77.0 Å². The standard InChI is InChI=1S/C83H153N2O6P/c1-6-8-10-12-14-16-18-20-22-24-26-28-30-32-34-36-37-38-39-40-41-42-43-44-45-46-47-49-51-53-55-57-59-61-63-65-67-69-71-73-75-77-83(87)84-81(80-91-92(88,89)90-79-78-85(3,4)5)82(86)76-74-72-70-68-66-64-62-60-58-56-54-52-50-48-35-33-31-29-27-25-23-21-19-17-15-13-11-9-7-2/h8,10,14,16,20,22,26,28,32,34,58,60,66,68,74,76,81-82,86H,6-7,9,11-13,15,17-19,21,23-25,27,29-31,33,35-57,59,61-65,67,69-73,75,77-80H2,1-5H3,(H-,84,87,88,89)/p+1/b10-8-,16-14-,22-20-,28-26-,34-32-,60-58+,68-66+,76-74+. The number of phosphoric acid groups is 1. The quantitative estimate of drug-likeness (QED) is 0.0243. The zero-order chi connectivity index (χ0) is 66.9. The maximum atomic E-state index is 13.1. The molecule has 0 aromatic carbocycles. The number of phosphoric ester groups is 1. The van der Waals surface area contributed by atoms with Crippen LogP contribution >= 0.6 is 7.82 Å². The van der Waals surface area contributed by atoms with Gasteiger partial charge in [-0.3, -0.25) is 13.8 Å². The predicted molar refractivity (Wildman–Crippen MR) is 406 cm³/mol. The maximum absolute atomic E-state index is 13.1. The fraction of sp³-hybridized carbons (Fsp3) is 0.795. The number of carbonyl (C=O) groups excluding carboxylic acids is 1. The Kier molecular flexibility index (Phi) is 70.6. The third kappa shape index (κ3) is 74.8. The molecule has 3 atom stereocenters. The lowest BCUT2D eigenvalue weighted by atomic mass is 10.0. The Morgan fingerprint density at radius 3 is 1.00 bits per heavy atom. The van der Waals surface area contributed by atoms with Gasteiger partial charge in [0.05, 0.1) is 39.9 Å². The SMILES string of the molecule is CC/C=C\C/C=C\C/C=C\C/C=C\C/C=C\CCCCCCCCCCCCCCCCCCCCCCCCCCCC(=O)NC(COP(=O)(O)OCC[N+](C)(C)C)C(O)/C=C/CC/C=C/CC/C=C/CCCCCCCCCCCCCCCCCCCCC. The minimum Gasteiger partial charge on any atom is -0.387 e. The molecule has 536 valence electrons. The van der Waals surface area contributed by atoms with E-state index in [1.165, 1.54) is 276 Å². The zero-order valence-electron chi connectivity index (χ0n) is 61.5. The highest BCUT2D eigenvalue weighted by Gasteiger charge is 2.28. The van der Waals surface area contributed by atoms with Crippen molar-refractivity contribution >= 4 is 13.7 Å². The van der Waals surface area contributed by atoms with Crippen molar-refractivity contribution in [2.24, 2.45) is 0 Å². The Labute approximate surface area is 572 Å². The lowest BCUT2D eigenvalue weighted by Gasteiger charge is -2.25. The highest BCUT2D eigenvalue weighted by Crippen LogP contribution is 2.43. The Morgan fingerprint density at radius 1 is 0.380 bits per heavy atom. The van der Waals surface area contributed by atoms with Crippen molar-refractivity contribution in [3.63, 3.8) is 0 Å². The number of nitrogens with one attached hydrogen (secondary N) is 1. The lowest BCUT2D eigenvalue weighted by Crippen LogP contribution is -2.45. The predicted octanol–water partition coefficient (Wildman–Crippen LogP) is 26.0. The topological polar surface area (TPSA) is 105 Å². The van der Waals surface area contributed by atoms with E-state index in [1.54, 1.807) is 6.08 Å². The molecule has 3 N–H and O–H groups in total. The number of carbonyl (C=O) groups is 1. The van der Waals surface area contributed by atoms with Gasteiger partial charge in [-0.2, -0.15) is 0 Å². The minimum absolute atomic E-state index is 0.0527. The first kappa shape index (κ1) is 89.4. The van der Waals surface area contributed by atoms with Crippen LogP contribution in [-0.4, -0.2) is 73.4 Å². The number of unbranched alkanes of at least 4 members (excludes halogenated alkanes) is 46. The number of amides is 1. The van der Waals surface area contributed by atoms with E-state index in [2.05, 4.69) is 104 Å². The minimum atomic E-state index is -4.37. The summed E-state index contributed by atoms with van der Waals surface area (Å²) in [6.07, 6.45) is 106. The first-order valence-electron chi connectivity index (χ1n) is 39.6. The van der Waals surface area contributed by atoms with Crippen molar-refractivity contribution in [2.45, 2.75) is 386 Å². The molecule has 0 saturated carbocycles. The molecule has 92 heavy (non-hydrogen) atoms. The molecule has 9 heteroatoms. The first-order valence-corrected chi connectivity index (χ1v) is 41.1. The molecule has 0 heterocycles. The summed E-state index contributed by atoms with van der Waals surface area (Å²) in [7, 11) is 1.56. The summed E-state index contributed by atoms with van der Waals surface area (Å²) in [5.41, 5.74) is 0. The summed E-state index contributed by atoms with van der Waals surface area (Å²) in [5, 5.41) is 14.0. The summed E-state index contributed by atoms with van der Waals surface area (Å²) in [6.45, 7) is 4.72. The molecule has 8 nitrogen and oxygen atoms in total. The molecule has 0 aliphatic heterocycles. The van der Waals surface area contributed by atoms with Gasteiger partial charge in [0.1, 0.15) is 13.2 Å². The molecule has 0 aliphatic rings. The maximum Gasteiger partial charge on any atom is 0.472 e. The van der Waals surface area contributed by atoms with Crippen LogP contribution in [0.4, 0.5) is 0 Å². The number of allylic oxidation sites excluding steroid dienone is 15. The van der Waals surface area contributed by atoms with Crippen LogP contribution in [0.5, 0.6) is 0 Å². The van der Waals surface area contributed by atoms with Crippen molar-refractivity contribution in [1.29, 1.82) is 0 Å². The zero-order valence-corrected chi connectivity index (χ0v) is 62.4. The van der Waals surface area contributed by atoms with E-state index < -0.39 is 20.0 Å². The normalized spacial score (nSPS) is 14.0. The van der Waals surface area contributed by atoms with Gasteiger partial charge in [-0.15, -0.1) is 0 Å². The van der Waals surface area contributed by atoms with Crippen LogP contribution in [0.2, 0.25) is 0 Å². The molecule has 3 unspecified atom stereocenters. The van der Waals surface area contributed by atoms with Gasteiger partial charge in [-0.25, -0.2) is 4.57 Å². The van der Waals surface area contributed by atoms with Gasteiger partial charge in [-0.05, 0) is 89.9 Å². The smallest absolute Gasteiger partial charge is 0.387 e. The van der Waals surface area contributed by atoms with Gasteiger partial charge >= 0.3 is 7.82 Å². The average Bonchev–Trinajstić information content (AvgIpc) is 2.63. The van der Waals surface area contributed by atoms with Gasteiger partial charge in [0.25, 0.3) is 0 Å². The third-order valence-corrected chi connectivity index (χ3v) is 18.7. The fourth-order valence-corrected chi connectivity index (χ4v) is 12.4. The number of hydrogen-bond donors (Lipinski definition) is 3. The summed E-state index contributed by atoms with van der Waals surface area (Å²) in [6, 6.07) is -0.874. The lowest BCUT2D eigenvalue weighted by molar-refractivity contribution is -0.870. The highest BCUT2D eigenvalue weighted by atomic mass is 31.2. The number of aliphatic hydroxyl groups excluding tert-OH is 1. The Hall–Kier alpha value is -2.58. The van der Waals surface area contributed by atoms with Crippen LogP contribution in [0, 0.1) is 0 Å². The molecule has 1 amide bonds. The van der Waals surface area contributed by atoms with Crippen molar-refractivity contribution in [3.05, 3.63) is 97.2 Å². The second-order valence-electron chi connectivity index (χ2n) is 28.0. The van der Waals surface area contributed by atoms with Gasteiger partial charge in [0, 0.05) is 6.42 Å². The number of rotatable bonds is 73. The Bertz CT molecular complexity index is 1830. The van der Waals surface area contributed by atoms with Gasteiger partial charge in [0.2, 0.25) is 5.91 Å². The highest BCUT2D eigenvalue weighted by molar-refractivity contribution is 7.47. The monoisotopic (exact) mass is 1310 g/mol.